The fourth-order valence-corrected chi connectivity index (χ4v) is 1.72. The number of halogens is 1. The quantitative estimate of drug-likeness (QED) is 0.906. The van der Waals surface area contributed by atoms with Gasteiger partial charge in [0, 0.05) is 22.1 Å². The number of anilines is 1. The molecular formula is C11H10BrN3O. The smallest absolute Gasteiger partial charge is 0.230 e. The maximum Gasteiger partial charge on any atom is 0.230 e. The number of nitrogens with one attached hydrogen (secondary N) is 2. The van der Waals surface area contributed by atoms with Crippen LogP contribution in [0.2, 0.25) is 0 Å². The number of benzene rings is 1. The second-order valence-corrected chi connectivity index (χ2v) is 4.23. The lowest BCUT2D eigenvalue weighted by Gasteiger charge is -2.04. The molecule has 0 aliphatic rings. The van der Waals surface area contributed by atoms with Crippen LogP contribution in [0.1, 0.15) is 5.69 Å². The number of hydrogen-bond acceptors (Lipinski definition) is 2. The van der Waals surface area contributed by atoms with Gasteiger partial charge in [0.1, 0.15) is 0 Å². The van der Waals surface area contributed by atoms with E-state index >= 15 is 0 Å². The lowest BCUT2D eigenvalue weighted by molar-refractivity contribution is -0.115. The van der Waals surface area contributed by atoms with Gasteiger partial charge < -0.3 is 10.3 Å². The number of hydrogen-bond donors (Lipinski definition) is 2. The summed E-state index contributed by atoms with van der Waals surface area (Å²) in [6, 6.07) is 7.47. The van der Waals surface area contributed by atoms with E-state index < -0.39 is 0 Å². The van der Waals surface area contributed by atoms with E-state index in [-0.39, 0.29) is 5.91 Å². The standard InChI is InChI=1S/C11H10BrN3O/c12-8-2-1-3-9(4-8)15-11(16)5-10-6-13-7-14-10/h1-4,6-7H,5H2,(H,13,14)(H,15,16). The number of aromatic nitrogens is 2. The average molecular weight is 280 g/mol. The predicted molar refractivity (Wildman–Crippen MR) is 65.1 cm³/mol. The Bertz CT molecular complexity index is 482. The molecule has 4 nitrogen and oxygen atoms in total. The summed E-state index contributed by atoms with van der Waals surface area (Å²) in [5.74, 6) is -0.0673. The summed E-state index contributed by atoms with van der Waals surface area (Å²) in [6.45, 7) is 0. The van der Waals surface area contributed by atoms with Crippen molar-refractivity contribution in [3.05, 3.63) is 47.0 Å². The van der Waals surface area contributed by atoms with Crippen molar-refractivity contribution in [2.75, 3.05) is 5.32 Å². The Labute approximate surface area is 101 Å². The normalized spacial score (nSPS) is 10.1. The molecule has 1 aromatic heterocycles. The van der Waals surface area contributed by atoms with Gasteiger partial charge in [-0.3, -0.25) is 4.79 Å². The molecule has 1 aromatic carbocycles. The largest absolute Gasteiger partial charge is 0.348 e. The molecule has 0 aliphatic heterocycles. The van der Waals surface area contributed by atoms with Crippen LogP contribution in [-0.2, 0) is 11.2 Å². The van der Waals surface area contributed by atoms with Gasteiger partial charge in [0.25, 0.3) is 0 Å². The Morgan fingerprint density at radius 3 is 3.06 bits per heavy atom. The van der Waals surface area contributed by atoms with Crippen LogP contribution in [0.15, 0.2) is 41.3 Å². The molecule has 5 heteroatoms. The van der Waals surface area contributed by atoms with Gasteiger partial charge in [0.2, 0.25) is 5.91 Å². The molecule has 1 heterocycles. The minimum absolute atomic E-state index is 0.0673. The molecule has 0 fully saturated rings. The molecule has 0 saturated carbocycles. The van der Waals surface area contributed by atoms with Crippen LogP contribution in [0.3, 0.4) is 0 Å². The number of imidazole rings is 1. The first-order valence-electron chi connectivity index (χ1n) is 4.77. The highest BCUT2D eigenvalue weighted by molar-refractivity contribution is 9.10. The summed E-state index contributed by atoms with van der Waals surface area (Å²) in [5, 5.41) is 2.80. The first-order chi connectivity index (χ1) is 7.74. The molecule has 0 bridgehead atoms. The topological polar surface area (TPSA) is 57.8 Å². The van der Waals surface area contributed by atoms with E-state index in [0.717, 1.165) is 15.9 Å². The molecule has 2 N–H and O–H groups in total. The predicted octanol–water partition coefficient (Wildman–Crippen LogP) is 2.35. The Hall–Kier alpha value is -1.62. The van der Waals surface area contributed by atoms with Crippen molar-refractivity contribution in [2.24, 2.45) is 0 Å². The average Bonchev–Trinajstić information content (AvgIpc) is 2.70. The summed E-state index contributed by atoms with van der Waals surface area (Å²) in [5.41, 5.74) is 1.58. The number of H-pyrrole nitrogens is 1. The van der Waals surface area contributed by atoms with E-state index in [1.807, 2.05) is 24.3 Å². The van der Waals surface area contributed by atoms with Gasteiger partial charge >= 0.3 is 0 Å². The molecule has 0 radical (unpaired) electrons. The van der Waals surface area contributed by atoms with Crippen molar-refractivity contribution < 1.29 is 4.79 Å². The van der Waals surface area contributed by atoms with Crippen LogP contribution >= 0.6 is 15.9 Å². The minimum atomic E-state index is -0.0673. The minimum Gasteiger partial charge on any atom is -0.348 e. The molecule has 82 valence electrons. The summed E-state index contributed by atoms with van der Waals surface area (Å²) in [6.07, 6.45) is 3.49. The molecule has 16 heavy (non-hydrogen) atoms. The van der Waals surface area contributed by atoms with Gasteiger partial charge in [0.15, 0.2) is 0 Å². The van der Waals surface area contributed by atoms with Crippen LogP contribution in [0.5, 0.6) is 0 Å². The van der Waals surface area contributed by atoms with E-state index in [2.05, 4.69) is 31.2 Å². The lowest BCUT2D eigenvalue weighted by atomic mass is 10.3. The third-order valence-electron chi connectivity index (χ3n) is 2.01. The van der Waals surface area contributed by atoms with E-state index in [4.69, 9.17) is 0 Å². The number of nitrogens with zero attached hydrogens (tertiary/aromatic N) is 1. The van der Waals surface area contributed by atoms with Gasteiger partial charge in [-0.05, 0) is 18.2 Å². The summed E-state index contributed by atoms with van der Waals surface area (Å²) >= 11 is 3.35. The zero-order chi connectivity index (χ0) is 11.4. The lowest BCUT2D eigenvalue weighted by Crippen LogP contribution is -2.14. The van der Waals surface area contributed by atoms with Crippen molar-refractivity contribution >= 4 is 27.5 Å². The second kappa shape index (κ2) is 4.94. The van der Waals surface area contributed by atoms with Gasteiger partial charge in [-0.25, -0.2) is 4.98 Å². The Balaban J connectivity index is 1.97. The first kappa shape index (κ1) is 10.9. The van der Waals surface area contributed by atoms with E-state index in [9.17, 15) is 4.79 Å². The van der Waals surface area contributed by atoms with Gasteiger partial charge in [0.05, 0.1) is 12.7 Å². The maximum absolute atomic E-state index is 11.6. The van der Waals surface area contributed by atoms with Gasteiger partial charge in [-0.1, -0.05) is 22.0 Å². The zero-order valence-corrected chi connectivity index (χ0v) is 9.99. The van der Waals surface area contributed by atoms with Crippen LogP contribution in [-0.4, -0.2) is 15.9 Å². The molecule has 1 amide bonds. The highest BCUT2D eigenvalue weighted by atomic mass is 79.9. The number of rotatable bonds is 3. The molecule has 0 unspecified atom stereocenters. The van der Waals surface area contributed by atoms with E-state index in [1.165, 1.54) is 0 Å². The highest BCUT2D eigenvalue weighted by Gasteiger charge is 2.04. The Kier molecular flexibility index (Phi) is 3.36. The van der Waals surface area contributed by atoms with Gasteiger partial charge in [-0.2, -0.15) is 0 Å². The van der Waals surface area contributed by atoms with Crippen molar-refractivity contribution in [1.29, 1.82) is 0 Å². The van der Waals surface area contributed by atoms with Crippen LogP contribution in [0.25, 0.3) is 0 Å². The summed E-state index contributed by atoms with van der Waals surface area (Å²) in [4.78, 5) is 18.4. The van der Waals surface area contributed by atoms with Crippen molar-refractivity contribution in [2.45, 2.75) is 6.42 Å². The monoisotopic (exact) mass is 279 g/mol. The number of aromatic amines is 1. The van der Waals surface area contributed by atoms with Crippen LogP contribution < -0.4 is 5.32 Å². The van der Waals surface area contributed by atoms with Gasteiger partial charge in [-0.15, -0.1) is 0 Å². The first-order valence-corrected chi connectivity index (χ1v) is 5.56. The number of carbonyl (C=O) groups is 1. The third kappa shape index (κ3) is 2.93. The molecule has 2 aromatic rings. The molecule has 0 saturated heterocycles. The number of amides is 1. The third-order valence-corrected chi connectivity index (χ3v) is 2.51. The van der Waals surface area contributed by atoms with E-state index in [1.54, 1.807) is 12.5 Å². The molecule has 0 spiro atoms. The second-order valence-electron chi connectivity index (χ2n) is 3.31. The molecule has 0 atom stereocenters. The summed E-state index contributed by atoms with van der Waals surface area (Å²) < 4.78 is 0.937. The van der Waals surface area contributed by atoms with E-state index in [0.29, 0.717) is 6.42 Å². The van der Waals surface area contributed by atoms with Crippen LogP contribution in [0, 0.1) is 0 Å². The highest BCUT2D eigenvalue weighted by Crippen LogP contribution is 2.15. The number of carbonyl (C=O) groups excluding carboxylic acids is 1. The molecular weight excluding hydrogens is 270 g/mol. The fourth-order valence-electron chi connectivity index (χ4n) is 1.33. The fraction of sp³-hybridized carbons (Fsp3) is 0.0909. The van der Waals surface area contributed by atoms with Crippen molar-refractivity contribution in [3.63, 3.8) is 0 Å². The zero-order valence-electron chi connectivity index (χ0n) is 8.40. The molecule has 0 aliphatic carbocycles. The Morgan fingerprint density at radius 1 is 1.50 bits per heavy atom. The molecule has 2 rings (SSSR count). The maximum atomic E-state index is 11.6. The summed E-state index contributed by atoms with van der Waals surface area (Å²) in [7, 11) is 0. The Morgan fingerprint density at radius 2 is 2.38 bits per heavy atom. The SMILES string of the molecule is O=C(Cc1cnc[nH]1)Nc1cccc(Br)c1. The van der Waals surface area contributed by atoms with Crippen molar-refractivity contribution in [3.8, 4) is 0 Å². The van der Waals surface area contributed by atoms with Crippen LogP contribution in [0.4, 0.5) is 5.69 Å². The van der Waals surface area contributed by atoms with Crippen molar-refractivity contribution in [1.82, 2.24) is 9.97 Å².